The number of methoxy groups -OCH3 is 2. The van der Waals surface area contributed by atoms with Crippen LogP contribution in [0.1, 0.15) is 58.1 Å². The molecule has 6 aromatic rings. The number of anilines is 1. The Balaban J connectivity index is 1.34. The molecule has 0 saturated heterocycles. The Bertz CT molecular complexity index is 2080. The number of aromatic nitrogens is 3. The molecule has 1 unspecified atom stereocenters. The van der Waals surface area contributed by atoms with E-state index in [1.54, 1.807) is 26.5 Å². The predicted octanol–water partition coefficient (Wildman–Crippen LogP) is 8.06. The Morgan fingerprint density at radius 2 is 1.27 bits per heavy atom. The summed E-state index contributed by atoms with van der Waals surface area (Å²) in [6, 6.07) is 39.0. The molecule has 1 N–H and O–H groups in total. The number of rotatable bonds is 17. The van der Waals surface area contributed by atoms with Crippen molar-refractivity contribution in [3.05, 3.63) is 143 Å². The van der Waals surface area contributed by atoms with Crippen LogP contribution in [0, 0.1) is 0 Å². The summed E-state index contributed by atoms with van der Waals surface area (Å²) in [5.41, 5.74) is 2.32. The summed E-state index contributed by atoms with van der Waals surface area (Å²) in [4.78, 5) is 28.3. The largest absolute Gasteiger partial charge is 0.497 e. The van der Waals surface area contributed by atoms with Crippen LogP contribution in [0.3, 0.4) is 0 Å². The topological polar surface area (TPSA) is 98.8 Å². The number of hydrogen-bond donors (Lipinski definition) is 1. The van der Waals surface area contributed by atoms with Gasteiger partial charge in [0.2, 0.25) is 11.8 Å². The van der Waals surface area contributed by atoms with Gasteiger partial charge in [-0.15, -0.1) is 0 Å². The molecule has 0 aliphatic heterocycles. The quantitative estimate of drug-likeness (QED) is 0.0935. The Kier molecular flexibility index (Phi) is 12.7. The average Bonchev–Trinajstić information content (AvgIpc) is 3.20. The molecule has 9 nitrogen and oxygen atoms in total. The minimum absolute atomic E-state index is 0.154. The van der Waals surface area contributed by atoms with Crippen molar-refractivity contribution in [3.63, 3.8) is 0 Å². The highest BCUT2D eigenvalue weighted by molar-refractivity contribution is 6.99. The SMILES string of the molecule is CCCC(CCO[Si](c1ccccc1)(c1ccccc1)C(C)(C)C)Oc1nc(N(Cc2ccc(OC)cc2)Cc2ccc(OC)cc2)nc2cc[nH]c(=O)c12. The molecule has 0 fully saturated rings. The van der Waals surface area contributed by atoms with Crippen molar-refractivity contribution >= 4 is 35.5 Å². The van der Waals surface area contributed by atoms with Crippen molar-refractivity contribution in [2.45, 2.75) is 71.2 Å². The maximum atomic E-state index is 13.4. The van der Waals surface area contributed by atoms with Crippen LogP contribution in [0.4, 0.5) is 5.95 Å². The molecule has 0 bridgehead atoms. The fourth-order valence-corrected chi connectivity index (χ4v) is 11.8. The highest BCUT2D eigenvalue weighted by atomic mass is 28.4. The minimum Gasteiger partial charge on any atom is -0.497 e. The van der Waals surface area contributed by atoms with Gasteiger partial charge in [-0.05, 0) is 63.3 Å². The van der Waals surface area contributed by atoms with Crippen molar-refractivity contribution in [1.29, 1.82) is 0 Å². The molecule has 0 saturated carbocycles. The van der Waals surface area contributed by atoms with E-state index in [2.05, 4.69) is 98.2 Å². The summed E-state index contributed by atoms with van der Waals surface area (Å²) in [5, 5.41) is 2.63. The molecule has 0 aliphatic carbocycles. The summed E-state index contributed by atoms with van der Waals surface area (Å²) in [7, 11) is 0.562. The van der Waals surface area contributed by atoms with Gasteiger partial charge >= 0.3 is 0 Å². The molecule has 2 heterocycles. The first-order valence-corrected chi connectivity index (χ1v) is 20.9. The zero-order valence-electron chi connectivity index (χ0n) is 32.7. The van der Waals surface area contributed by atoms with Crippen LogP contribution in [0.2, 0.25) is 5.04 Å². The summed E-state index contributed by atoms with van der Waals surface area (Å²) < 4.78 is 24.9. The van der Waals surface area contributed by atoms with Gasteiger partial charge in [0.05, 0.1) is 19.7 Å². The van der Waals surface area contributed by atoms with Crippen molar-refractivity contribution in [2.24, 2.45) is 0 Å². The van der Waals surface area contributed by atoms with Crippen LogP contribution in [-0.4, -0.2) is 50.2 Å². The number of H-pyrrole nitrogens is 1. The van der Waals surface area contributed by atoms with Crippen molar-refractivity contribution in [2.75, 3.05) is 25.7 Å². The number of pyridine rings is 1. The molecular weight excluding hydrogens is 705 g/mol. The lowest BCUT2D eigenvalue weighted by Gasteiger charge is -2.43. The molecule has 0 aliphatic rings. The van der Waals surface area contributed by atoms with Gasteiger partial charge in [0.25, 0.3) is 13.9 Å². The normalized spacial score (nSPS) is 12.3. The van der Waals surface area contributed by atoms with E-state index in [9.17, 15) is 4.79 Å². The fraction of sp³-hybridized carbons (Fsp3) is 0.311. The number of nitrogens with zero attached hydrogens (tertiary/aromatic N) is 3. The van der Waals surface area contributed by atoms with Gasteiger partial charge in [-0.3, -0.25) is 4.79 Å². The summed E-state index contributed by atoms with van der Waals surface area (Å²) in [6.45, 7) is 10.5. The number of benzene rings is 4. The second kappa shape index (κ2) is 17.8. The highest BCUT2D eigenvalue weighted by Gasteiger charge is 2.50. The number of aromatic amines is 1. The Morgan fingerprint density at radius 1 is 0.727 bits per heavy atom. The van der Waals surface area contributed by atoms with E-state index in [1.807, 2.05) is 48.5 Å². The molecular formula is C45H52N4O5Si. The molecule has 286 valence electrons. The lowest BCUT2D eigenvalue weighted by Crippen LogP contribution is -2.66. The lowest BCUT2D eigenvalue weighted by atomic mass is 10.1. The van der Waals surface area contributed by atoms with E-state index in [1.165, 1.54) is 10.4 Å². The van der Waals surface area contributed by atoms with Crippen LogP contribution in [0.15, 0.2) is 126 Å². The molecule has 0 radical (unpaired) electrons. The molecule has 0 amide bonds. The van der Waals surface area contributed by atoms with Gasteiger partial charge in [0.15, 0.2) is 0 Å². The minimum atomic E-state index is -2.75. The maximum absolute atomic E-state index is 13.4. The van der Waals surface area contributed by atoms with Crippen LogP contribution in [0.25, 0.3) is 10.9 Å². The Labute approximate surface area is 325 Å². The van der Waals surface area contributed by atoms with Crippen molar-refractivity contribution < 1.29 is 18.6 Å². The summed E-state index contributed by atoms with van der Waals surface area (Å²) in [6.07, 6.45) is 3.62. The van der Waals surface area contributed by atoms with E-state index >= 15 is 0 Å². The Hall–Kier alpha value is -5.45. The third kappa shape index (κ3) is 9.09. The lowest BCUT2D eigenvalue weighted by molar-refractivity contribution is 0.145. The zero-order valence-corrected chi connectivity index (χ0v) is 33.7. The third-order valence-electron chi connectivity index (χ3n) is 9.99. The van der Waals surface area contributed by atoms with Crippen LogP contribution < -0.4 is 35.0 Å². The molecule has 10 heteroatoms. The van der Waals surface area contributed by atoms with Gasteiger partial charge in [0, 0.05) is 32.3 Å². The van der Waals surface area contributed by atoms with Crippen molar-refractivity contribution in [1.82, 2.24) is 15.0 Å². The standard InChI is InChI=1S/C45H52N4O5Si/c1-7-14-37(28-30-53-55(45(2,3)4,38-15-10-8-11-16-38)39-17-12-9-13-18-39)54-43-41-40(27-29-46-42(41)50)47-44(48-43)49(31-33-19-23-35(51-5)24-20-33)32-34-21-25-36(52-6)26-22-34/h8-13,15-27,29,37H,7,14,28,30-32H2,1-6H3,(H,46,50). The fourth-order valence-electron chi connectivity index (χ4n) is 7.22. The van der Waals surface area contributed by atoms with E-state index in [4.69, 9.17) is 28.6 Å². The monoisotopic (exact) mass is 756 g/mol. The van der Waals surface area contributed by atoms with E-state index < -0.39 is 8.32 Å². The van der Waals surface area contributed by atoms with Gasteiger partial charge in [-0.25, -0.2) is 4.98 Å². The van der Waals surface area contributed by atoms with Crippen LogP contribution in [0.5, 0.6) is 17.4 Å². The molecule has 0 spiro atoms. The van der Waals surface area contributed by atoms with Gasteiger partial charge in [-0.2, -0.15) is 4.98 Å². The second-order valence-electron chi connectivity index (χ2n) is 14.8. The number of hydrogen-bond acceptors (Lipinski definition) is 8. The van der Waals surface area contributed by atoms with Gasteiger partial charge in [-0.1, -0.05) is 119 Å². The molecule has 6 rings (SSSR count). The van der Waals surface area contributed by atoms with Gasteiger partial charge < -0.3 is 28.5 Å². The number of fused-ring (bicyclic) bond motifs is 1. The van der Waals surface area contributed by atoms with Crippen LogP contribution >= 0.6 is 0 Å². The summed E-state index contributed by atoms with van der Waals surface area (Å²) >= 11 is 0. The summed E-state index contributed by atoms with van der Waals surface area (Å²) in [5.74, 6) is 2.28. The number of nitrogens with one attached hydrogen (secondary N) is 1. The van der Waals surface area contributed by atoms with Crippen molar-refractivity contribution in [3.8, 4) is 17.4 Å². The molecule has 1 atom stereocenters. The van der Waals surface area contributed by atoms with E-state index in [-0.39, 0.29) is 22.6 Å². The first kappa shape index (κ1) is 39.2. The smallest absolute Gasteiger partial charge is 0.262 e. The Morgan fingerprint density at radius 3 is 1.76 bits per heavy atom. The zero-order chi connectivity index (χ0) is 38.8. The molecule has 4 aromatic carbocycles. The van der Waals surface area contributed by atoms with E-state index in [0.717, 1.165) is 35.5 Å². The third-order valence-corrected chi connectivity index (χ3v) is 15.0. The predicted molar refractivity (Wildman–Crippen MR) is 224 cm³/mol. The molecule has 2 aromatic heterocycles. The first-order chi connectivity index (χ1) is 26.6. The average molecular weight is 757 g/mol. The number of ether oxygens (including phenoxy) is 3. The highest BCUT2D eigenvalue weighted by Crippen LogP contribution is 2.37. The first-order valence-electron chi connectivity index (χ1n) is 19.0. The van der Waals surface area contributed by atoms with Crippen LogP contribution in [-0.2, 0) is 17.5 Å². The second-order valence-corrected chi connectivity index (χ2v) is 19.1. The van der Waals surface area contributed by atoms with Gasteiger partial charge in [0.1, 0.15) is 23.0 Å². The van der Waals surface area contributed by atoms with E-state index in [0.29, 0.717) is 43.0 Å². The molecule has 55 heavy (non-hydrogen) atoms. The maximum Gasteiger partial charge on any atom is 0.262 e.